The first-order chi connectivity index (χ1) is 12.5. The maximum Gasteiger partial charge on any atom is 0.191 e. The molecule has 0 saturated heterocycles. The van der Waals surface area contributed by atoms with Gasteiger partial charge >= 0.3 is 0 Å². The third-order valence-corrected chi connectivity index (χ3v) is 5.68. The fourth-order valence-electron chi connectivity index (χ4n) is 2.45. The number of hydrogen-bond donors (Lipinski definition) is 2. The lowest BCUT2D eigenvalue weighted by Gasteiger charge is -2.19. The molecule has 2 unspecified atom stereocenters. The van der Waals surface area contributed by atoms with Gasteiger partial charge in [-0.05, 0) is 30.2 Å². The highest BCUT2D eigenvalue weighted by Crippen LogP contribution is 2.25. The second-order valence-electron chi connectivity index (χ2n) is 5.80. The maximum atomic E-state index is 12.2. The Morgan fingerprint density at radius 1 is 1.19 bits per heavy atom. The summed E-state index contributed by atoms with van der Waals surface area (Å²) >= 11 is 12.2. The van der Waals surface area contributed by atoms with E-state index >= 15 is 0 Å². The molecular formula is C19H23Cl2N3OS. The van der Waals surface area contributed by atoms with Crippen LogP contribution in [-0.2, 0) is 16.6 Å². The average molecular weight is 412 g/mol. The molecule has 2 rings (SSSR count). The summed E-state index contributed by atoms with van der Waals surface area (Å²) in [4.78, 5) is 4.21. The van der Waals surface area contributed by atoms with Gasteiger partial charge in [-0.2, -0.15) is 0 Å². The van der Waals surface area contributed by atoms with Gasteiger partial charge in [-0.3, -0.25) is 9.20 Å². The topological polar surface area (TPSA) is 53.5 Å². The quantitative estimate of drug-likeness (QED) is 0.530. The summed E-state index contributed by atoms with van der Waals surface area (Å²) < 4.78 is 12.2. The summed E-state index contributed by atoms with van der Waals surface area (Å²) in [5.74, 6) is 1.75. The minimum atomic E-state index is -0.925. The van der Waals surface area contributed by atoms with Crippen LogP contribution in [0.3, 0.4) is 0 Å². The van der Waals surface area contributed by atoms with Crippen LogP contribution in [0.2, 0.25) is 10.0 Å². The van der Waals surface area contributed by atoms with Gasteiger partial charge in [0.15, 0.2) is 5.96 Å². The van der Waals surface area contributed by atoms with Gasteiger partial charge in [0, 0.05) is 45.9 Å². The van der Waals surface area contributed by atoms with E-state index in [1.54, 1.807) is 13.1 Å². The first-order valence-corrected chi connectivity index (χ1v) is 10.5. The summed E-state index contributed by atoms with van der Waals surface area (Å²) in [5.41, 5.74) is 2.02. The number of halogens is 2. The molecule has 0 fully saturated rings. The number of rotatable bonds is 7. The predicted molar refractivity (Wildman–Crippen MR) is 113 cm³/mol. The Kier molecular flexibility index (Phi) is 8.42. The van der Waals surface area contributed by atoms with E-state index < -0.39 is 10.8 Å². The van der Waals surface area contributed by atoms with Crippen LogP contribution in [0.4, 0.5) is 0 Å². The molecule has 26 heavy (non-hydrogen) atoms. The molecule has 0 aliphatic carbocycles. The van der Waals surface area contributed by atoms with Crippen molar-refractivity contribution in [1.29, 1.82) is 0 Å². The molecule has 2 aromatic rings. The molecule has 4 nitrogen and oxygen atoms in total. The number of benzene rings is 2. The van der Waals surface area contributed by atoms with Crippen LogP contribution in [0.5, 0.6) is 0 Å². The molecule has 140 valence electrons. The van der Waals surface area contributed by atoms with Crippen LogP contribution in [0.1, 0.15) is 24.1 Å². The molecule has 0 heterocycles. The molecular weight excluding hydrogens is 389 g/mol. The van der Waals surface area contributed by atoms with Crippen LogP contribution in [-0.4, -0.2) is 29.5 Å². The fourth-order valence-corrected chi connectivity index (χ4v) is 4.06. The van der Waals surface area contributed by atoms with Crippen LogP contribution < -0.4 is 10.6 Å². The highest BCUT2D eigenvalue weighted by atomic mass is 35.5. The zero-order valence-corrected chi connectivity index (χ0v) is 17.2. The Morgan fingerprint density at radius 2 is 1.92 bits per heavy atom. The molecule has 0 bridgehead atoms. The first-order valence-electron chi connectivity index (χ1n) is 8.30. The number of nitrogens with zero attached hydrogens (tertiary/aromatic N) is 1. The first kappa shape index (κ1) is 20.7. The second-order valence-corrected chi connectivity index (χ2v) is 8.22. The highest BCUT2D eigenvalue weighted by Gasteiger charge is 2.12. The van der Waals surface area contributed by atoms with Crippen molar-refractivity contribution < 1.29 is 4.21 Å². The van der Waals surface area contributed by atoms with Crippen molar-refractivity contribution >= 4 is 40.0 Å². The molecule has 0 saturated carbocycles. The minimum absolute atomic E-state index is 0.0409. The number of aliphatic imine (C=N–C) groups is 1. The van der Waals surface area contributed by atoms with Crippen LogP contribution >= 0.6 is 23.2 Å². The number of guanidine groups is 1. The van der Waals surface area contributed by atoms with Crippen molar-refractivity contribution in [3.05, 3.63) is 69.7 Å². The fraction of sp³-hybridized carbons (Fsp3) is 0.316. The van der Waals surface area contributed by atoms with Gasteiger partial charge in [-0.1, -0.05) is 59.6 Å². The molecule has 2 atom stereocenters. The van der Waals surface area contributed by atoms with Gasteiger partial charge < -0.3 is 10.6 Å². The molecule has 7 heteroatoms. The van der Waals surface area contributed by atoms with E-state index in [2.05, 4.69) is 15.6 Å². The van der Waals surface area contributed by atoms with Crippen molar-refractivity contribution in [2.75, 3.05) is 19.3 Å². The summed E-state index contributed by atoms with van der Waals surface area (Å²) in [7, 11) is 0.775. The van der Waals surface area contributed by atoms with Gasteiger partial charge in [0.25, 0.3) is 0 Å². The lowest BCUT2D eigenvalue weighted by Crippen LogP contribution is -2.40. The van der Waals surface area contributed by atoms with E-state index in [1.807, 2.05) is 49.4 Å². The molecule has 0 spiro atoms. The molecule has 0 amide bonds. The summed E-state index contributed by atoms with van der Waals surface area (Å²) in [6, 6.07) is 15.2. The van der Waals surface area contributed by atoms with Gasteiger partial charge in [0.2, 0.25) is 0 Å². The monoisotopic (exact) mass is 411 g/mol. The van der Waals surface area contributed by atoms with E-state index in [0.29, 0.717) is 34.1 Å². The van der Waals surface area contributed by atoms with Crippen LogP contribution in [0, 0.1) is 0 Å². The molecule has 2 N–H and O–H groups in total. The lowest BCUT2D eigenvalue weighted by molar-refractivity contribution is 0.676. The van der Waals surface area contributed by atoms with Crippen molar-refractivity contribution in [3.8, 4) is 0 Å². The molecule has 0 aromatic heterocycles. The van der Waals surface area contributed by atoms with Gasteiger partial charge in [0.1, 0.15) is 0 Å². The largest absolute Gasteiger partial charge is 0.355 e. The summed E-state index contributed by atoms with van der Waals surface area (Å²) in [6.45, 7) is 2.57. The Balaban J connectivity index is 1.81. The van der Waals surface area contributed by atoms with E-state index in [9.17, 15) is 4.21 Å². The summed E-state index contributed by atoms with van der Waals surface area (Å²) in [6.07, 6.45) is 0. The Hall–Kier alpha value is -1.56. The van der Waals surface area contributed by atoms with E-state index in [1.165, 1.54) is 0 Å². The lowest BCUT2D eigenvalue weighted by atomic mass is 10.1. The smallest absolute Gasteiger partial charge is 0.191 e. The minimum Gasteiger partial charge on any atom is -0.355 e. The predicted octanol–water partition coefficient (Wildman–Crippen LogP) is 4.17. The zero-order chi connectivity index (χ0) is 18.9. The van der Waals surface area contributed by atoms with E-state index in [0.717, 1.165) is 11.1 Å². The SMILES string of the molecule is CN=C(NCCS(=O)Cc1ccccc1)NC(C)c1ccc(Cl)cc1Cl. The molecule has 0 aliphatic rings. The summed E-state index contributed by atoms with van der Waals surface area (Å²) in [5, 5.41) is 7.69. The van der Waals surface area contributed by atoms with Gasteiger partial charge in [-0.25, -0.2) is 0 Å². The normalized spacial score (nSPS) is 13.9. The Morgan fingerprint density at radius 3 is 2.58 bits per heavy atom. The Labute approximate surface area is 167 Å². The highest BCUT2D eigenvalue weighted by molar-refractivity contribution is 7.84. The molecule has 2 aromatic carbocycles. The second kappa shape index (κ2) is 10.6. The standard InChI is InChI=1S/C19H23Cl2N3OS/c1-14(17-9-8-16(20)12-18(17)21)24-19(22-2)23-10-11-26(25)13-15-6-4-3-5-7-15/h3-9,12,14H,10-11,13H2,1-2H3,(H2,22,23,24). The van der Waals surface area contributed by atoms with Crippen molar-refractivity contribution in [3.63, 3.8) is 0 Å². The molecule has 0 radical (unpaired) electrons. The number of nitrogens with one attached hydrogen (secondary N) is 2. The number of hydrogen-bond acceptors (Lipinski definition) is 2. The zero-order valence-electron chi connectivity index (χ0n) is 14.8. The third-order valence-electron chi connectivity index (χ3n) is 3.80. The maximum absolute atomic E-state index is 12.2. The van der Waals surface area contributed by atoms with Crippen LogP contribution in [0.15, 0.2) is 53.5 Å². The van der Waals surface area contributed by atoms with Crippen molar-refractivity contribution in [1.82, 2.24) is 10.6 Å². The average Bonchev–Trinajstić information content (AvgIpc) is 2.61. The van der Waals surface area contributed by atoms with E-state index in [4.69, 9.17) is 23.2 Å². The third kappa shape index (κ3) is 6.63. The van der Waals surface area contributed by atoms with Crippen molar-refractivity contribution in [2.24, 2.45) is 4.99 Å². The van der Waals surface area contributed by atoms with Crippen LogP contribution in [0.25, 0.3) is 0 Å². The van der Waals surface area contributed by atoms with E-state index in [-0.39, 0.29) is 6.04 Å². The van der Waals surface area contributed by atoms with Gasteiger partial charge in [0.05, 0.1) is 6.04 Å². The van der Waals surface area contributed by atoms with Gasteiger partial charge in [-0.15, -0.1) is 0 Å². The Bertz CT molecular complexity index is 769. The molecule has 0 aliphatic heterocycles. The van der Waals surface area contributed by atoms with Crippen molar-refractivity contribution in [2.45, 2.75) is 18.7 Å².